The average molecular weight is 369 g/mol. The van der Waals surface area contributed by atoms with Crippen molar-refractivity contribution in [1.82, 2.24) is 4.90 Å². The molecule has 1 N–H and O–H groups in total. The lowest BCUT2D eigenvalue weighted by molar-refractivity contribution is -0.140. The number of methoxy groups -OCH3 is 1. The van der Waals surface area contributed by atoms with Gasteiger partial charge in [0.1, 0.15) is 17.6 Å². The van der Waals surface area contributed by atoms with Crippen LogP contribution in [0.4, 0.5) is 0 Å². The van der Waals surface area contributed by atoms with Crippen molar-refractivity contribution in [3.05, 3.63) is 64.6 Å². The van der Waals surface area contributed by atoms with Crippen molar-refractivity contribution in [3.63, 3.8) is 0 Å². The minimum absolute atomic E-state index is 0.0515. The summed E-state index contributed by atoms with van der Waals surface area (Å²) in [6.07, 6.45) is 2.06. The van der Waals surface area contributed by atoms with Crippen molar-refractivity contribution in [2.45, 2.75) is 26.3 Å². The number of Topliss-reactive ketones (excluding diaryl/α,β-unsaturated/α-hetero) is 1. The lowest BCUT2D eigenvalue weighted by Gasteiger charge is -2.23. The first-order chi connectivity index (χ1) is 13.0. The number of furan rings is 1. The van der Waals surface area contributed by atoms with Crippen molar-refractivity contribution in [3.8, 4) is 0 Å². The first-order valence-electron chi connectivity index (χ1n) is 8.84. The second-order valence-corrected chi connectivity index (χ2v) is 6.65. The standard InChI is InChI=1S/C21H23NO5/c1-13-7-8-15(12-14(13)2)19(23)17-18(16-6-4-11-27-16)22(9-5-10-26-3)21(25)20(17)24/h4,6-8,11-12,18,23H,5,9-10H2,1-3H3/b19-17-. The molecule has 6 nitrogen and oxygen atoms in total. The number of hydrogen-bond donors (Lipinski definition) is 1. The fourth-order valence-electron chi connectivity index (χ4n) is 3.28. The molecule has 142 valence electrons. The van der Waals surface area contributed by atoms with Gasteiger partial charge < -0.3 is 19.2 Å². The van der Waals surface area contributed by atoms with Gasteiger partial charge in [0, 0.05) is 25.8 Å². The predicted molar refractivity (Wildman–Crippen MR) is 100 cm³/mol. The van der Waals surface area contributed by atoms with Gasteiger partial charge in [-0.2, -0.15) is 0 Å². The number of amides is 1. The SMILES string of the molecule is COCCCN1C(=O)C(=O)/C(=C(\O)c2ccc(C)c(C)c2)C1c1ccco1. The zero-order chi connectivity index (χ0) is 19.6. The van der Waals surface area contributed by atoms with Crippen molar-refractivity contribution >= 4 is 17.4 Å². The monoisotopic (exact) mass is 369 g/mol. The Kier molecular flexibility index (Phi) is 5.46. The van der Waals surface area contributed by atoms with Crippen LogP contribution in [0.2, 0.25) is 0 Å². The molecule has 2 heterocycles. The summed E-state index contributed by atoms with van der Waals surface area (Å²) in [5.41, 5.74) is 2.62. The third-order valence-electron chi connectivity index (χ3n) is 4.88. The van der Waals surface area contributed by atoms with E-state index in [9.17, 15) is 14.7 Å². The summed E-state index contributed by atoms with van der Waals surface area (Å²) in [5, 5.41) is 10.9. The van der Waals surface area contributed by atoms with Gasteiger partial charge >= 0.3 is 0 Å². The van der Waals surface area contributed by atoms with Crippen LogP contribution in [-0.4, -0.2) is 42.0 Å². The molecule has 1 aliphatic rings. The van der Waals surface area contributed by atoms with Crippen LogP contribution < -0.4 is 0 Å². The molecule has 0 aliphatic carbocycles. The molecule has 1 atom stereocenters. The Morgan fingerprint density at radius 1 is 1.22 bits per heavy atom. The molecule has 6 heteroatoms. The van der Waals surface area contributed by atoms with Gasteiger partial charge in [-0.25, -0.2) is 0 Å². The minimum Gasteiger partial charge on any atom is -0.507 e. The Balaban J connectivity index is 2.09. The van der Waals surface area contributed by atoms with Gasteiger partial charge in [0.15, 0.2) is 0 Å². The highest BCUT2D eigenvalue weighted by atomic mass is 16.5. The number of carbonyl (C=O) groups excluding carboxylic acids is 2. The number of benzene rings is 1. The maximum absolute atomic E-state index is 12.7. The number of ether oxygens (including phenoxy) is 1. The number of rotatable bonds is 6. The average Bonchev–Trinajstić information content (AvgIpc) is 3.26. The molecule has 0 spiro atoms. The molecule has 2 aromatic rings. The van der Waals surface area contributed by atoms with E-state index in [4.69, 9.17) is 9.15 Å². The number of aliphatic hydroxyl groups is 1. The molecule has 1 saturated heterocycles. The van der Waals surface area contributed by atoms with E-state index in [2.05, 4.69) is 0 Å². The molecular formula is C21H23NO5. The highest BCUT2D eigenvalue weighted by molar-refractivity contribution is 6.46. The van der Waals surface area contributed by atoms with Gasteiger partial charge in [0.05, 0.1) is 11.8 Å². The van der Waals surface area contributed by atoms with Gasteiger partial charge in [-0.05, 0) is 49.6 Å². The normalized spacial score (nSPS) is 19.1. The molecule has 3 rings (SSSR count). The van der Waals surface area contributed by atoms with E-state index in [-0.39, 0.29) is 11.3 Å². The zero-order valence-electron chi connectivity index (χ0n) is 15.7. The highest BCUT2D eigenvalue weighted by Gasteiger charge is 2.47. The van der Waals surface area contributed by atoms with E-state index in [0.29, 0.717) is 30.9 Å². The van der Waals surface area contributed by atoms with Crippen molar-refractivity contribution < 1.29 is 23.8 Å². The number of hydrogen-bond acceptors (Lipinski definition) is 5. The topological polar surface area (TPSA) is 80.0 Å². The van der Waals surface area contributed by atoms with Crippen molar-refractivity contribution in [2.75, 3.05) is 20.3 Å². The molecule has 1 amide bonds. The van der Waals surface area contributed by atoms with Gasteiger partial charge in [0.2, 0.25) is 0 Å². The summed E-state index contributed by atoms with van der Waals surface area (Å²) in [6, 6.07) is 8.07. The van der Waals surface area contributed by atoms with Crippen LogP contribution in [0.3, 0.4) is 0 Å². The molecule has 0 saturated carbocycles. The molecule has 27 heavy (non-hydrogen) atoms. The first kappa shape index (κ1) is 18.9. The van der Waals surface area contributed by atoms with E-state index in [1.165, 1.54) is 11.2 Å². The van der Waals surface area contributed by atoms with Gasteiger partial charge in [-0.1, -0.05) is 12.1 Å². The fraction of sp³-hybridized carbons (Fsp3) is 0.333. The third kappa shape index (κ3) is 3.53. The predicted octanol–water partition coefficient (Wildman–Crippen LogP) is 3.35. The number of carbonyl (C=O) groups is 2. The molecule has 1 fully saturated rings. The first-order valence-corrected chi connectivity index (χ1v) is 8.84. The van der Waals surface area contributed by atoms with E-state index in [1.54, 1.807) is 25.3 Å². The number of likely N-dealkylation sites (tertiary alicyclic amines) is 1. The van der Waals surface area contributed by atoms with Gasteiger partial charge in [0.25, 0.3) is 11.7 Å². The molecule has 1 aromatic heterocycles. The van der Waals surface area contributed by atoms with Crippen LogP contribution in [0.5, 0.6) is 0 Å². The van der Waals surface area contributed by atoms with E-state index >= 15 is 0 Å². The fourth-order valence-corrected chi connectivity index (χ4v) is 3.28. The second-order valence-electron chi connectivity index (χ2n) is 6.65. The molecule has 1 aliphatic heterocycles. The minimum atomic E-state index is -0.751. The second kappa shape index (κ2) is 7.80. The summed E-state index contributed by atoms with van der Waals surface area (Å²) < 4.78 is 10.5. The molecule has 0 bridgehead atoms. The molecule has 0 radical (unpaired) electrons. The van der Waals surface area contributed by atoms with Crippen LogP contribution in [0.1, 0.15) is 34.9 Å². The Morgan fingerprint density at radius 3 is 2.63 bits per heavy atom. The van der Waals surface area contributed by atoms with Crippen LogP contribution in [-0.2, 0) is 14.3 Å². The van der Waals surface area contributed by atoms with Crippen LogP contribution in [0.15, 0.2) is 46.6 Å². The van der Waals surface area contributed by atoms with Crippen LogP contribution >= 0.6 is 0 Å². The molecular weight excluding hydrogens is 346 g/mol. The number of nitrogens with zero attached hydrogens (tertiary/aromatic N) is 1. The highest BCUT2D eigenvalue weighted by Crippen LogP contribution is 2.39. The maximum Gasteiger partial charge on any atom is 0.295 e. The number of aliphatic hydroxyl groups excluding tert-OH is 1. The maximum atomic E-state index is 12.7. The zero-order valence-corrected chi connectivity index (χ0v) is 15.7. The smallest absolute Gasteiger partial charge is 0.295 e. The largest absolute Gasteiger partial charge is 0.507 e. The summed E-state index contributed by atoms with van der Waals surface area (Å²) in [4.78, 5) is 26.8. The van der Waals surface area contributed by atoms with E-state index in [0.717, 1.165) is 11.1 Å². The third-order valence-corrected chi connectivity index (χ3v) is 4.88. The Bertz CT molecular complexity index is 882. The Hall–Kier alpha value is -2.86. The lowest BCUT2D eigenvalue weighted by atomic mass is 9.97. The Morgan fingerprint density at radius 2 is 2.00 bits per heavy atom. The van der Waals surface area contributed by atoms with Crippen LogP contribution in [0, 0.1) is 13.8 Å². The van der Waals surface area contributed by atoms with Crippen molar-refractivity contribution in [2.24, 2.45) is 0 Å². The summed E-state index contributed by atoms with van der Waals surface area (Å²) >= 11 is 0. The van der Waals surface area contributed by atoms with E-state index in [1.807, 2.05) is 26.0 Å². The lowest BCUT2D eigenvalue weighted by Crippen LogP contribution is -2.31. The van der Waals surface area contributed by atoms with Gasteiger partial charge in [-0.3, -0.25) is 9.59 Å². The molecule has 1 unspecified atom stereocenters. The van der Waals surface area contributed by atoms with E-state index < -0.39 is 17.7 Å². The number of aryl methyl sites for hydroxylation is 2. The Labute approximate surface area is 158 Å². The quantitative estimate of drug-likeness (QED) is 0.366. The summed E-state index contributed by atoms with van der Waals surface area (Å²) in [7, 11) is 1.58. The van der Waals surface area contributed by atoms with Crippen LogP contribution in [0.25, 0.3) is 5.76 Å². The summed E-state index contributed by atoms with van der Waals surface area (Å²) in [5.74, 6) is -1.09. The van der Waals surface area contributed by atoms with Crippen molar-refractivity contribution in [1.29, 1.82) is 0 Å². The molecule has 1 aromatic carbocycles. The van der Waals surface area contributed by atoms with Gasteiger partial charge in [-0.15, -0.1) is 0 Å². The summed E-state index contributed by atoms with van der Waals surface area (Å²) in [6.45, 7) is 4.69. The number of ketones is 1.